The number of nitrogens with zero attached hydrogens (tertiary/aromatic N) is 4. The van der Waals surface area contributed by atoms with Crippen LogP contribution in [0.15, 0.2) is 53.1 Å². The molecule has 10 heteroatoms. The van der Waals surface area contributed by atoms with Gasteiger partial charge in [-0.25, -0.2) is 4.98 Å². The van der Waals surface area contributed by atoms with E-state index in [1.165, 1.54) is 12.1 Å². The van der Waals surface area contributed by atoms with Crippen molar-refractivity contribution in [2.24, 2.45) is 0 Å². The zero-order valence-electron chi connectivity index (χ0n) is 17.1. The van der Waals surface area contributed by atoms with Crippen molar-refractivity contribution < 1.29 is 9.72 Å². The summed E-state index contributed by atoms with van der Waals surface area (Å²) in [5.41, 5.74) is 1.99. The number of carbonyl (C=O) groups is 1. The molecule has 1 atom stereocenters. The number of nitrogens with one attached hydrogen (secondary N) is 1. The van der Waals surface area contributed by atoms with Gasteiger partial charge in [0.2, 0.25) is 5.91 Å². The maximum Gasteiger partial charge on any atom is 0.291 e. The number of hydrogen-bond acceptors (Lipinski definition) is 5. The molecule has 1 aromatic carbocycles. The summed E-state index contributed by atoms with van der Waals surface area (Å²) in [5.74, 6) is -1.14. The molecule has 0 saturated carbocycles. The number of rotatable bonds is 8. The Morgan fingerprint density at radius 3 is 2.69 bits per heavy atom. The average molecular weight is 517 g/mol. The van der Waals surface area contributed by atoms with Crippen LogP contribution in [0.5, 0.6) is 0 Å². The molecule has 0 aliphatic heterocycles. The van der Waals surface area contributed by atoms with Gasteiger partial charge in [-0.2, -0.15) is 5.26 Å². The molecule has 0 fully saturated rings. The zero-order chi connectivity index (χ0) is 23.3. The number of nitriles is 1. The van der Waals surface area contributed by atoms with Gasteiger partial charge in [0.15, 0.2) is 0 Å². The third kappa shape index (κ3) is 5.33. The Labute approximate surface area is 198 Å². The predicted octanol–water partition coefficient (Wildman–Crippen LogP) is 5.27. The second-order valence-corrected chi connectivity index (χ2v) is 8.35. The first-order valence-electron chi connectivity index (χ1n) is 9.79. The van der Waals surface area contributed by atoms with Crippen molar-refractivity contribution in [2.75, 3.05) is 0 Å². The van der Waals surface area contributed by atoms with Gasteiger partial charge in [-0.1, -0.05) is 37.1 Å². The Hall–Kier alpha value is -3.22. The number of carbonyl (C=O) groups excluding carboxylic acids is 1. The van der Waals surface area contributed by atoms with Gasteiger partial charge in [-0.15, -0.1) is 0 Å². The lowest BCUT2D eigenvalue weighted by Gasteiger charge is -2.16. The minimum atomic E-state index is -0.784. The maximum atomic E-state index is 12.9. The van der Waals surface area contributed by atoms with Crippen LogP contribution in [0.1, 0.15) is 42.6 Å². The molecule has 1 amide bonds. The van der Waals surface area contributed by atoms with Gasteiger partial charge in [0.25, 0.3) is 5.69 Å². The van der Waals surface area contributed by atoms with Gasteiger partial charge in [0, 0.05) is 29.0 Å². The van der Waals surface area contributed by atoms with E-state index in [0.717, 1.165) is 15.7 Å². The Morgan fingerprint density at radius 2 is 2.06 bits per heavy atom. The first kappa shape index (κ1) is 23.4. The molecule has 3 aromatic rings. The summed E-state index contributed by atoms with van der Waals surface area (Å²) in [7, 11) is 0. The summed E-state index contributed by atoms with van der Waals surface area (Å²) in [6.45, 7) is 2.14. The van der Waals surface area contributed by atoms with Gasteiger partial charge in [0.05, 0.1) is 10.8 Å². The summed E-state index contributed by atoms with van der Waals surface area (Å²) in [6.07, 6.45) is 2.85. The highest BCUT2D eigenvalue weighted by atomic mass is 79.9. The van der Waals surface area contributed by atoms with E-state index in [4.69, 9.17) is 11.6 Å². The van der Waals surface area contributed by atoms with E-state index in [1.54, 1.807) is 16.8 Å². The summed E-state index contributed by atoms with van der Waals surface area (Å²) >= 11 is 9.31. The second-order valence-electron chi connectivity index (χ2n) is 7.05. The number of halogens is 2. The largest absolute Gasteiger partial charge is 0.351 e. The van der Waals surface area contributed by atoms with E-state index in [2.05, 4.69) is 32.3 Å². The quantitative estimate of drug-likeness (QED) is 0.249. The topological polar surface area (TPSA) is 114 Å². The zero-order valence-corrected chi connectivity index (χ0v) is 19.4. The number of benzene rings is 1. The lowest BCUT2D eigenvalue weighted by molar-refractivity contribution is -0.386. The number of amides is 1. The lowest BCUT2D eigenvalue weighted by Crippen LogP contribution is -2.30. The van der Waals surface area contributed by atoms with Gasteiger partial charge >= 0.3 is 0 Å². The molecular formula is C22H19BrClN5O3. The highest BCUT2D eigenvalue weighted by Gasteiger charge is 2.29. The number of nitro groups is 1. The van der Waals surface area contributed by atoms with E-state index in [9.17, 15) is 20.2 Å². The van der Waals surface area contributed by atoms with Gasteiger partial charge in [-0.3, -0.25) is 14.9 Å². The van der Waals surface area contributed by atoms with Crippen LogP contribution in [0, 0.1) is 21.4 Å². The van der Waals surface area contributed by atoms with Crippen LogP contribution in [0.25, 0.3) is 5.69 Å². The number of aromatic nitrogens is 2. The van der Waals surface area contributed by atoms with Crippen molar-refractivity contribution in [3.63, 3.8) is 0 Å². The fraction of sp³-hybridized carbons (Fsp3) is 0.227. The van der Waals surface area contributed by atoms with Crippen molar-refractivity contribution in [3.05, 3.63) is 85.4 Å². The van der Waals surface area contributed by atoms with Crippen LogP contribution in [-0.2, 0) is 11.3 Å². The minimum absolute atomic E-state index is 0.0689. The van der Waals surface area contributed by atoms with E-state index < -0.39 is 10.8 Å². The Kier molecular flexibility index (Phi) is 7.62. The van der Waals surface area contributed by atoms with Crippen LogP contribution in [0.3, 0.4) is 0 Å². The molecule has 0 bridgehead atoms. The molecular weight excluding hydrogens is 498 g/mol. The summed E-state index contributed by atoms with van der Waals surface area (Å²) in [5, 5.41) is 23.6. The fourth-order valence-electron chi connectivity index (χ4n) is 3.35. The monoisotopic (exact) mass is 515 g/mol. The maximum absolute atomic E-state index is 12.9. The van der Waals surface area contributed by atoms with Crippen LogP contribution in [0.4, 0.5) is 5.69 Å². The second kappa shape index (κ2) is 10.4. The number of pyridine rings is 1. The molecule has 0 aliphatic rings. The first-order chi connectivity index (χ1) is 15.3. The Morgan fingerprint density at radius 1 is 1.34 bits per heavy atom. The molecule has 0 saturated heterocycles. The summed E-state index contributed by atoms with van der Waals surface area (Å²) in [6, 6.07) is 13.9. The molecule has 2 heterocycles. The molecule has 1 N–H and O–H groups in total. The van der Waals surface area contributed by atoms with E-state index >= 15 is 0 Å². The van der Waals surface area contributed by atoms with Gasteiger partial charge < -0.3 is 9.88 Å². The van der Waals surface area contributed by atoms with Crippen molar-refractivity contribution in [1.82, 2.24) is 14.9 Å². The molecule has 164 valence electrons. The molecule has 3 rings (SSSR count). The van der Waals surface area contributed by atoms with E-state index in [1.807, 2.05) is 31.2 Å². The lowest BCUT2D eigenvalue weighted by atomic mass is 9.96. The Balaban J connectivity index is 1.76. The van der Waals surface area contributed by atoms with E-state index in [0.29, 0.717) is 18.5 Å². The van der Waals surface area contributed by atoms with Crippen molar-refractivity contribution in [2.45, 2.75) is 32.2 Å². The van der Waals surface area contributed by atoms with Crippen molar-refractivity contribution in [3.8, 4) is 11.8 Å². The molecule has 0 spiro atoms. The van der Waals surface area contributed by atoms with E-state index in [-0.39, 0.29) is 29.0 Å². The van der Waals surface area contributed by atoms with Crippen LogP contribution in [0.2, 0.25) is 5.15 Å². The highest BCUT2D eigenvalue weighted by Crippen LogP contribution is 2.30. The summed E-state index contributed by atoms with van der Waals surface area (Å²) in [4.78, 5) is 27.8. The predicted molar refractivity (Wildman–Crippen MR) is 124 cm³/mol. The van der Waals surface area contributed by atoms with Crippen LogP contribution in [-0.4, -0.2) is 20.4 Å². The minimum Gasteiger partial charge on any atom is -0.351 e. The molecule has 2 aromatic heterocycles. The van der Waals surface area contributed by atoms with Crippen molar-refractivity contribution in [1.29, 1.82) is 5.26 Å². The summed E-state index contributed by atoms with van der Waals surface area (Å²) < 4.78 is 2.56. The first-order valence-corrected chi connectivity index (χ1v) is 11.0. The average Bonchev–Trinajstić information content (AvgIpc) is 3.16. The van der Waals surface area contributed by atoms with Gasteiger partial charge in [-0.05, 0) is 52.2 Å². The highest BCUT2D eigenvalue weighted by molar-refractivity contribution is 9.10. The van der Waals surface area contributed by atoms with Crippen LogP contribution >= 0.6 is 27.5 Å². The normalized spacial score (nSPS) is 11.6. The molecule has 1 unspecified atom stereocenters. The third-order valence-electron chi connectivity index (χ3n) is 4.87. The Bertz CT molecular complexity index is 1190. The SMILES string of the molecule is CCCC(C(=O)NCc1ccc(-n2cc(Br)cc2C#N)cc1)c1nc(Cl)ccc1[N+](=O)[O-]. The van der Waals surface area contributed by atoms with Crippen molar-refractivity contribution >= 4 is 39.1 Å². The van der Waals surface area contributed by atoms with Gasteiger partial charge in [0.1, 0.15) is 22.6 Å². The third-order valence-corrected chi connectivity index (χ3v) is 5.52. The standard InChI is InChI=1S/C22H19BrClN5O3/c1-2-3-18(21-19(29(31)32)8-9-20(24)27-21)22(30)26-12-14-4-6-16(7-5-14)28-13-15(23)10-17(28)11-25/h4-10,13,18H,2-3,12H2,1H3,(H,26,30). The molecule has 8 nitrogen and oxygen atoms in total. The number of hydrogen-bond donors (Lipinski definition) is 1. The molecule has 0 radical (unpaired) electrons. The fourth-order valence-corrected chi connectivity index (χ4v) is 3.93. The molecule has 0 aliphatic carbocycles. The smallest absolute Gasteiger partial charge is 0.291 e. The van der Waals surface area contributed by atoms with Crippen LogP contribution < -0.4 is 5.32 Å². The molecule has 32 heavy (non-hydrogen) atoms.